The van der Waals surface area contributed by atoms with E-state index in [1.54, 1.807) is 19.2 Å². The molecule has 1 aromatic rings. The standard InChI is InChI=1S/C13H17N2O4S/c1-14-9-10-15(8-7-13(14)16)20(17,18)12-5-3-11(19-2)4-6-12/h3-7H,8-10H2,1-2H3. The second-order valence-corrected chi connectivity index (χ2v) is 6.44. The number of carbonyl (C=O) groups is 1. The number of likely N-dealkylation sites (N-methyl/N-ethyl adjacent to an activating group) is 1. The van der Waals surface area contributed by atoms with Crippen molar-refractivity contribution in [3.63, 3.8) is 0 Å². The molecule has 109 valence electrons. The lowest BCUT2D eigenvalue weighted by atomic mass is 10.3. The maximum atomic E-state index is 12.5. The molecule has 0 spiro atoms. The number of sulfonamides is 1. The van der Waals surface area contributed by atoms with E-state index in [4.69, 9.17) is 4.74 Å². The fraction of sp³-hybridized carbons (Fsp3) is 0.385. The maximum Gasteiger partial charge on any atom is 0.243 e. The first-order valence-corrected chi connectivity index (χ1v) is 7.61. The minimum absolute atomic E-state index is 0.0948. The Hall–Kier alpha value is -1.60. The fourth-order valence-electron chi connectivity index (χ4n) is 1.91. The second kappa shape index (κ2) is 5.80. The smallest absolute Gasteiger partial charge is 0.243 e. The van der Waals surface area contributed by atoms with Gasteiger partial charge in [0.05, 0.1) is 18.4 Å². The van der Waals surface area contributed by atoms with E-state index in [0.29, 0.717) is 12.3 Å². The number of nitrogens with zero attached hydrogens (tertiary/aromatic N) is 2. The molecule has 20 heavy (non-hydrogen) atoms. The third-order valence-electron chi connectivity index (χ3n) is 3.23. The Morgan fingerprint density at radius 1 is 1.15 bits per heavy atom. The van der Waals surface area contributed by atoms with Crippen LogP contribution in [0.5, 0.6) is 5.75 Å². The van der Waals surface area contributed by atoms with Crippen LogP contribution in [0.2, 0.25) is 0 Å². The van der Waals surface area contributed by atoms with Gasteiger partial charge in [-0.1, -0.05) is 0 Å². The van der Waals surface area contributed by atoms with E-state index < -0.39 is 10.0 Å². The number of benzene rings is 1. The van der Waals surface area contributed by atoms with Crippen molar-refractivity contribution in [2.24, 2.45) is 0 Å². The lowest BCUT2D eigenvalue weighted by molar-refractivity contribution is -0.125. The molecular weight excluding hydrogens is 280 g/mol. The number of rotatable bonds is 3. The van der Waals surface area contributed by atoms with Gasteiger partial charge in [0.2, 0.25) is 15.9 Å². The van der Waals surface area contributed by atoms with Crippen molar-refractivity contribution in [2.75, 3.05) is 33.8 Å². The van der Waals surface area contributed by atoms with E-state index in [9.17, 15) is 13.2 Å². The molecule has 0 bridgehead atoms. The van der Waals surface area contributed by atoms with Crippen LogP contribution in [-0.2, 0) is 14.8 Å². The van der Waals surface area contributed by atoms with Gasteiger partial charge in [-0.3, -0.25) is 4.79 Å². The average Bonchev–Trinajstić information content (AvgIpc) is 2.62. The van der Waals surface area contributed by atoms with Crippen molar-refractivity contribution in [1.29, 1.82) is 0 Å². The molecule has 7 heteroatoms. The van der Waals surface area contributed by atoms with Crippen LogP contribution in [0, 0.1) is 6.42 Å². The van der Waals surface area contributed by atoms with Gasteiger partial charge in [0.25, 0.3) is 0 Å². The van der Waals surface area contributed by atoms with E-state index in [1.807, 2.05) is 0 Å². The summed E-state index contributed by atoms with van der Waals surface area (Å²) < 4.78 is 31.3. The molecule has 1 radical (unpaired) electrons. The van der Waals surface area contributed by atoms with Gasteiger partial charge in [-0.05, 0) is 24.3 Å². The van der Waals surface area contributed by atoms with Crippen LogP contribution < -0.4 is 4.74 Å². The predicted molar refractivity (Wildman–Crippen MR) is 73.7 cm³/mol. The summed E-state index contributed by atoms with van der Waals surface area (Å²) in [4.78, 5) is 13.2. The molecule has 6 nitrogen and oxygen atoms in total. The lowest BCUT2D eigenvalue weighted by Crippen LogP contribution is -2.34. The van der Waals surface area contributed by atoms with Crippen LogP contribution in [0.1, 0.15) is 0 Å². The van der Waals surface area contributed by atoms with E-state index in [-0.39, 0.29) is 23.9 Å². The number of hydrogen-bond acceptors (Lipinski definition) is 4. The lowest BCUT2D eigenvalue weighted by Gasteiger charge is -2.20. The van der Waals surface area contributed by atoms with E-state index in [0.717, 1.165) is 0 Å². The number of carbonyl (C=O) groups excluding carboxylic acids is 1. The van der Waals surface area contributed by atoms with E-state index >= 15 is 0 Å². The Morgan fingerprint density at radius 3 is 2.40 bits per heavy atom. The number of hydrogen-bond donors (Lipinski definition) is 0. The summed E-state index contributed by atoms with van der Waals surface area (Å²) >= 11 is 0. The summed E-state index contributed by atoms with van der Waals surface area (Å²) in [6.07, 6.45) is 1.38. The molecular formula is C13H17N2O4S. The van der Waals surface area contributed by atoms with E-state index in [2.05, 4.69) is 0 Å². The highest BCUT2D eigenvalue weighted by Gasteiger charge is 2.28. The van der Waals surface area contributed by atoms with Crippen LogP contribution in [-0.4, -0.2) is 57.3 Å². The summed E-state index contributed by atoms with van der Waals surface area (Å²) in [7, 11) is -0.412. The SMILES string of the molecule is COc1ccc(S(=O)(=O)N2C[CH]C(=O)N(C)CC2)cc1. The predicted octanol–water partition coefficient (Wildman–Crippen LogP) is 0.362. The molecule has 2 rings (SSSR count). The largest absolute Gasteiger partial charge is 0.497 e. The molecule has 1 amide bonds. The second-order valence-electron chi connectivity index (χ2n) is 4.50. The van der Waals surface area contributed by atoms with Gasteiger partial charge in [-0.2, -0.15) is 4.31 Å². The van der Waals surface area contributed by atoms with Gasteiger partial charge in [0.15, 0.2) is 0 Å². The van der Waals surface area contributed by atoms with Gasteiger partial charge >= 0.3 is 0 Å². The van der Waals surface area contributed by atoms with Gasteiger partial charge in [0.1, 0.15) is 5.75 Å². The highest BCUT2D eigenvalue weighted by atomic mass is 32.2. The molecule has 1 aromatic carbocycles. The third-order valence-corrected chi connectivity index (χ3v) is 5.11. The minimum atomic E-state index is -3.59. The zero-order chi connectivity index (χ0) is 14.8. The topological polar surface area (TPSA) is 66.9 Å². The Balaban J connectivity index is 2.22. The summed E-state index contributed by atoms with van der Waals surface area (Å²) in [6, 6.07) is 6.21. The quantitative estimate of drug-likeness (QED) is 0.808. The van der Waals surface area contributed by atoms with Crippen molar-refractivity contribution in [3.8, 4) is 5.75 Å². The Bertz CT molecular complexity index is 583. The highest BCUT2D eigenvalue weighted by molar-refractivity contribution is 7.89. The summed E-state index contributed by atoms with van der Waals surface area (Å²) in [5.74, 6) is 0.443. The van der Waals surface area contributed by atoms with E-state index in [1.165, 1.54) is 34.9 Å². The van der Waals surface area contributed by atoms with Crippen molar-refractivity contribution in [3.05, 3.63) is 30.7 Å². The molecule has 0 aliphatic carbocycles. The van der Waals surface area contributed by atoms with Crippen molar-refractivity contribution >= 4 is 15.9 Å². The molecule has 1 aliphatic rings. The monoisotopic (exact) mass is 297 g/mol. The van der Waals surface area contributed by atoms with Crippen LogP contribution in [0.3, 0.4) is 0 Å². The zero-order valence-corrected chi connectivity index (χ0v) is 12.3. The van der Waals surface area contributed by atoms with Crippen LogP contribution in [0.25, 0.3) is 0 Å². The molecule has 1 aliphatic heterocycles. The highest BCUT2D eigenvalue weighted by Crippen LogP contribution is 2.20. The third kappa shape index (κ3) is 2.94. The van der Waals surface area contributed by atoms with Crippen molar-refractivity contribution < 1.29 is 17.9 Å². The molecule has 1 saturated heterocycles. The first-order valence-electron chi connectivity index (χ1n) is 6.17. The summed E-state index contributed by atoms with van der Waals surface area (Å²) in [5.41, 5.74) is 0. The van der Waals surface area contributed by atoms with Crippen molar-refractivity contribution in [1.82, 2.24) is 9.21 Å². The van der Waals surface area contributed by atoms with Crippen LogP contribution in [0.4, 0.5) is 0 Å². The molecule has 1 heterocycles. The minimum Gasteiger partial charge on any atom is -0.497 e. The normalized spacial score (nSPS) is 17.9. The van der Waals surface area contributed by atoms with Crippen LogP contribution >= 0.6 is 0 Å². The first-order chi connectivity index (χ1) is 9.45. The number of amides is 1. The van der Waals surface area contributed by atoms with Gasteiger partial charge in [-0.25, -0.2) is 8.42 Å². The fourth-order valence-corrected chi connectivity index (χ4v) is 3.28. The molecule has 0 aromatic heterocycles. The first kappa shape index (κ1) is 14.8. The Labute approximate surface area is 119 Å². The zero-order valence-electron chi connectivity index (χ0n) is 11.4. The maximum absolute atomic E-state index is 12.5. The van der Waals surface area contributed by atoms with Gasteiger partial charge < -0.3 is 9.64 Å². The van der Waals surface area contributed by atoms with Crippen LogP contribution in [0.15, 0.2) is 29.2 Å². The Kier molecular flexibility index (Phi) is 4.29. The number of ether oxygens (including phenoxy) is 1. The Morgan fingerprint density at radius 2 is 1.80 bits per heavy atom. The summed E-state index contributed by atoms with van der Waals surface area (Å²) in [6.45, 7) is 0.759. The molecule has 0 unspecified atom stereocenters. The van der Waals surface area contributed by atoms with Gasteiger partial charge in [-0.15, -0.1) is 0 Å². The molecule has 0 atom stereocenters. The molecule has 0 saturated carbocycles. The van der Waals surface area contributed by atoms with Crippen molar-refractivity contribution in [2.45, 2.75) is 4.90 Å². The molecule has 1 fully saturated rings. The number of methoxy groups -OCH3 is 1. The summed E-state index contributed by atoms with van der Waals surface area (Å²) in [5, 5.41) is 0. The average molecular weight is 297 g/mol. The van der Waals surface area contributed by atoms with Gasteiger partial charge in [0, 0.05) is 26.7 Å². The molecule has 0 N–H and O–H groups in total.